The Morgan fingerprint density at radius 2 is 1.89 bits per heavy atom. The topological polar surface area (TPSA) is 55.6 Å². The van der Waals surface area contributed by atoms with Gasteiger partial charge < -0.3 is 14.2 Å². The maximum absolute atomic E-state index is 13.3. The highest BCUT2D eigenvalue weighted by atomic mass is 19.4. The number of morpholine rings is 1. The van der Waals surface area contributed by atoms with E-state index in [1.807, 2.05) is 18.2 Å². The monoisotopic (exact) mass is 390 g/mol. The summed E-state index contributed by atoms with van der Waals surface area (Å²) < 4.78 is 50.7. The molecule has 0 radical (unpaired) electrons. The molecular formula is C20H17F3N2O3. The van der Waals surface area contributed by atoms with Crippen molar-refractivity contribution in [3.05, 3.63) is 65.4 Å². The fraction of sp³-hybridized carbons (Fsp3) is 0.300. The molecule has 1 fully saturated rings. The normalized spacial score (nSPS) is 17.8. The Morgan fingerprint density at radius 3 is 2.71 bits per heavy atom. The highest BCUT2D eigenvalue weighted by molar-refractivity contribution is 5.86. The van der Waals surface area contributed by atoms with Crippen LogP contribution >= 0.6 is 0 Å². The largest absolute Gasteiger partial charge is 0.416 e. The summed E-state index contributed by atoms with van der Waals surface area (Å²) in [5, 5.41) is 4.70. The molecule has 1 aromatic heterocycles. The summed E-state index contributed by atoms with van der Waals surface area (Å²) in [6.07, 6.45) is -5.29. The average molecular weight is 390 g/mol. The first kappa shape index (κ1) is 18.5. The minimum Gasteiger partial charge on any atom is -0.370 e. The molecule has 5 nitrogen and oxygen atoms in total. The number of carbonyl (C=O) groups is 1. The SMILES string of the molecule is O=C(Cc1noc2ccccc12)N1CCOC(c2ccccc2C(F)(F)F)C1. The van der Waals surface area contributed by atoms with Crippen molar-refractivity contribution in [1.29, 1.82) is 0 Å². The van der Waals surface area contributed by atoms with Gasteiger partial charge in [-0.2, -0.15) is 13.2 Å². The molecule has 0 aliphatic carbocycles. The molecular weight excluding hydrogens is 373 g/mol. The number of fused-ring (bicyclic) bond motifs is 1. The lowest BCUT2D eigenvalue weighted by atomic mass is 10.0. The van der Waals surface area contributed by atoms with Gasteiger partial charge in [0.25, 0.3) is 0 Å². The fourth-order valence-corrected chi connectivity index (χ4v) is 3.42. The summed E-state index contributed by atoms with van der Waals surface area (Å²) in [4.78, 5) is 14.3. The first-order valence-corrected chi connectivity index (χ1v) is 8.82. The number of carbonyl (C=O) groups excluding carboxylic acids is 1. The molecule has 2 heterocycles. The Morgan fingerprint density at radius 1 is 1.14 bits per heavy atom. The number of hydrogen-bond acceptors (Lipinski definition) is 4. The van der Waals surface area contributed by atoms with Crippen LogP contribution in [0.15, 0.2) is 53.1 Å². The number of ether oxygens (including phenoxy) is 1. The molecule has 3 aromatic rings. The van der Waals surface area contributed by atoms with Crippen LogP contribution in [-0.2, 0) is 22.1 Å². The Hall–Kier alpha value is -2.87. The van der Waals surface area contributed by atoms with Crippen molar-refractivity contribution in [2.45, 2.75) is 18.7 Å². The summed E-state index contributed by atoms with van der Waals surface area (Å²) in [7, 11) is 0. The number of rotatable bonds is 3. The molecule has 2 aromatic carbocycles. The number of halogens is 3. The van der Waals surface area contributed by atoms with Gasteiger partial charge in [-0.05, 0) is 23.8 Å². The maximum Gasteiger partial charge on any atom is 0.416 e. The van der Waals surface area contributed by atoms with E-state index in [4.69, 9.17) is 9.26 Å². The zero-order valence-electron chi connectivity index (χ0n) is 14.8. The van der Waals surface area contributed by atoms with E-state index in [2.05, 4.69) is 5.16 Å². The third-order valence-electron chi connectivity index (χ3n) is 4.80. The number of aromatic nitrogens is 1. The molecule has 1 aliphatic rings. The number of alkyl halides is 3. The lowest BCUT2D eigenvalue weighted by Gasteiger charge is -2.34. The third kappa shape index (κ3) is 3.60. The van der Waals surface area contributed by atoms with Crippen molar-refractivity contribution in [1.82, 2.24) is 10.1 Å². The van der Waals surface area contributed by atoms with Crippen LogP contribution in [0.2, 0.25) is 0 Å². The molecule has 8 heteroatoms. The molecule has 146 valence electrons. The van der Waals surface area contributed by atoms with Crippen molar-refractivity contribution < 1.29 is 27.2 Å². The fourth-order valence-electron chi connectivity index (χ4n) is 3.42. The molecule has 1 unspecified atom stereocenters. The van der Waals surface area contributed by atoms with Crippen LogP contribution in [0.5, 0.6) is 0 Å². The van der Waals surface area contributed by atoms with E-state index in [1.54, 1.807) is 6.07 Å². The van der Waals surface area contributed by atoms with E-state index >= 15 is 0 Å². The number of nitrogens with zero attached hydrogens (tertiary/aromatic N) is 2. The second-order valence-corrected chi connectivity index (χ2v) is 6.59. The van der Waals surface area contributed by atoms with E-state index < -0.39 is 17.8 Å². The van der Waals surface area contributed by atoms with Crippen LogP contribution in [0.3, 0.4) is 0 Å². The Bertz CT molecular complexity index is 1000. The minimum absolute atomic E-state index is 0.0185. The van der Waals surface area contributed by atoms with Gasteiger partial charge in [-0.3, -0.25) is 4.79 Å². The summed E-state index contributed by atoms with van der Waals surface area (Å²) in [6, 6.07) is 12.5. The maximum atomic E-state index is 13.3. The van der Waals surface area contributed by atoms with Gasteiger partial charge in [0, 0.05) is 11.9 Å². The predicted molar refractivity (Wildman–Crippen MR) is 94.4 cm³/mol. The van der Waals surface area contributed by atoms with Gasteiger partial charge in [-0.25, -0.2) is 0 Å². The number of para-hydroxylation sites is 1. The van der Waals surface area contributed by atoms with Gasteiger partial charge in [-0.1, -0.05) is 35.5 Å². The third-order valence-corrected chi connectivity index (χ3v) is 4.80. The van der Waals surface area contributed by atoms with Crippen LogP contribution < -0.4 is 0 Å². The van der Waals surface area contributed by atoms with Crippen LogP contribution in [0.25, 0.3) is 11.0 Å². The van der Waals surface area contributed by atoms with Crippen LogP contribution in [0.4, 0.5) is 13.2 Å². The second kappa shape index (κ2) is 7.27. The second-order valence-electron chi connectivity index (χ2n) is 6.59. The first-order chi connectivity index (χ1) is 13.4. The number of hydrogen-bond donors (Lipinski definition) is 0. The summed E-state index contributed by atoms with van der Waals surface area (Å²) in [5.74, 6) is -0.225. The molecule has 0 bridgehead atoms. The minimum atomic E-state index is -4.48. The van der Waals surface area contributed by atoms with Crippen molar-refractivity contribution in [2.75, 3.05) is 19.7 Å². The Kier molecular flexibility index (Phi) is 4.80. The van der Waals surface area contributed by atoms with Crippen molar-refractivity contribution in [2.24, 2.45) is 0 Å². The van der Waals surface area contributed by atoms with Crippen molar-refractivity contribution in [3.63, 3.8) is 0 Å². The van der Waals surface area contributed by atoms with Crippen LogP contribution in [0, 0.1) is 0 Å². The van der Waals surface area contributed by atoms with Gasteiger partial charge in [0.15, 0.2) is 5.58 Å². The standard InChI is InChI=1S/C20H17F3N2O3/c21-20(22,23)15-7-3-1-5-13(15)18-12-25(9-10-27-18)19(26)11-16-14-6-2-4-8-17(14)28-24-16/h1-8,18H,9-12H2. The van der Waals surface area contributed by atoms with E-state index in [1.165, 1.54) is 23.1 Å². The highest BCUT2D eigenvalue weighted by Gasteiger charge is 2.37. The van der Waals surface area contributed by atoms with E-state index in [0.29, 0.717) is 17.8 Å². The van der Waals surface area contributed by atoms with Crippen LogP contribution in [-0.4, -0.2) is 35.7 Å². The Balaban J connectivity index is 1.52. The van der Waals surface area contributed by atoms with Gasteiger partial charge >= 0.3 is 6.18 Å². The lowest BCUT2D eigenvalue weighted by Crippen LogP contribution is -2.43. The van der Waals surface area contributed by atoms with Crippen LogP contribution in [0.1, 0.15) is 22.9 Å². The van der Waals surface area contributed by atoms with Gasteiger partial charge in [-0.15, -0.1) is 0 Å². The van der Waals surface area contributed by atoms with E-state index in [0.717, 1.165) is 11.5 Å². The quantitative estimate of drug-likeness (QED) is 0.679. The van der Waals surface area contributed by atoms with E-state index in [-0.39, 0.29) is 31.0 Å². The molecule has 1 amide bonds. The highest BCUT2D eigenvalue weighted by Crippen LogP contribution is 2.36. The van der Waals surface area contributed by atoms with Gasteiger partial charge in [0.1, 0.15) is 11.8 Å². The molecule has 1 aliphatic heterocycles. The molecule has 0 spiro atoms. The summed E-state index contributed by atoms with van der Waals surface area (Å²) >= 11 is 0. The lowest BCUT2D eigenvalue weighted by molar-refractivity contribution is -0.143. The van der Waals surface area contributed by atoms with Crippen molar-refractivity contribution >= 4 is 16.9 Å². The number of benzene rings is 2. The van der Waals surface area contributed by atoms with Gasteiger partial charge in [0.05, 0.1) is 25.1 Å². The smallest absolute Gasteiger partial charge is 0.370 e. The average Bonchev–Trinajstić information content (AvgIpc) is 3.10. The first-order valence-electron chi connectivity index (χ1n) is 8.82. The zero-order chi connectivity index (χ0) is 19.7. The van der Waals surface area contributed by atoms with E-state index in [9.17, 15) is 18.0 Å². The number of amides is 1. The zero-order valence-corrected chi connectivity index (χ0v) is 14.8. The Labute approximate surface area is 158 Å². The molecule has 28 heavy (non-hydrogen) atoms. The summed E-state index contributed by atoms with van der Waals surface area (Å²) in [6.45, 7) is 0.545. The molecule has 0 saturated carbocycles. The van der Waals surface area contributed by atoms with Gasteiger partial charge in [0.2, 0.25) is 5.91 Å². The predicted octanol–water partition coefficient (Wildman–Crippen LogP) is 3.99. The van der Waals surface area contributed by atoms with Crippen molar-refractivity contribution in [3.8, 4) is 0 Å². The molecule has 1 saturated heterocycles. The summed E-state index contributed by atoms with van der Waals surface area (Å²) in [5.41, 5.74) is 0.403. The molecule has 1 atom stereocenters. The molecule has 4 rings (SSSR count). The molecule has 0 N–H and O–H groups in total.